The summed E-state index contributed by atoms with van der Waals surface area (Å²) in [6.45, 7) is 4.56. The third-order valence-corrected chi connectivity index (χ3v) is 3.76. The van der Waals surface area contributed by atoms with Gasteiger partial charge in [0.1, 0.15) is 6.61 Å². The summed E-state index contributed by atoms with van der Waals surface area (Å²) < 4.78 is 10.7. The fraction of sp³-hybridized carbons (Fsp3) is 0.250. The highest BCUT2D eigenvalue weighted by molar-refractivity contribution is 5.94. The smallest absolute Gasteiger partial charge is 0.251 e. The largest absolute Gasteiger partial charge is 0.493 e. The number of methoxy groups -OCH3 is 1. The lowest BCUT2D eigenvalue weighted by Crippen LogP contribution is -2.22. The van der Waals surface area contributed by atoms with Gasteiger partial charge in [0.05, 0.1) is 7.11 Å². The van der Waals surface area contributed by atoms with Crippen molar-refractivity contribution in [2.45, 2.75) is 20.4 Å². The second-order valence-electron chi connectivity index (χ2n) is 5.46. The Morgan fingerprint density at radius 3 is 2.58 bits per heavy atom. The molecule has 4 heteroatoms. The molecule has 0 saturated carbocycles. The molecule has 1 N–H and O–H groups in total. The minimum atomic E-state index is -0.111. The number of hydrogen-bond donors (Lipinski definition) is 1. The number of amides is 1. The average Bonchev–Trinajstić information content (AvgIpc) is 2.60. The van der Waals surface area contributed by atoms with Crippen molar-refractivity contribution in [3.05, 3.63) is 58.7 Å². The van der Waals surface area contributed by atoms with Crippen molar-refractivity contribution in [1.82, 2.24) is 5.32 Å². The Morgan fingerprint density at radius 1 is 1.12 bits per heavy atom. The zero-order chi connectivity index (χ0) is 17.5. The summed E-state index contributed by atoms with van der Waals surface area (Å²) in [5, 5.41) is 2.91. The maximum Gasteiger partial charge on any atom is 0.251 e. The van der Waals surface area contributed by atoms with E-state index in [1.807, 2.05) is 44.2 Å². The Morgan fingerprint density at radius 2 is 1.92 bits per heavy atom. The van der Waals surface area contributed by atoms with E-state index in [-0.39, 0.29) is 12.5 Å². The fourth-order valence-electron chi connectivity index (χ4n) is 2.23. The van der Waals surface area contributed by atoms with Gasteiger partial charge in [-0.1, -0.05) is 18.1 Å². The van der Waals surface area contributed by atoms with Gasteiger partial charge in [-0.15, -0.1) is 6.42 Å². The lowest BCUT2D eigenvalue weighted by atomic mass is 10.1. The zero-order valence-corrected chi connectivity index (χ0v) is 14.2. The van der Waals surface area contributed by atoms with Crippen LogP contribution in [-0.2, 0) is 6.54 Å². The molecule has 2 aromatic rings. The number of hydrogen-bond acceptors (Lipinski definition) is 3. The number of benzene rings is 2. The Balaban J connectivity index is 2.06. The molecule has 0 aliphatic rings. The molecule has 0 radical (unpaired) electrons. The van der Waals surface area contributed by atoms with Crippen molar-refractivity contribution in [2.24, 2.45) is 0 Å². The monoisotopic (exact) mass is 323 g/mol. The van der Waals surface area contributed by atoms with Crippen LogP contribution < -0.4 is 14.8 Å². The molecular weight excluding hydrogens is 302 g/mol. The van der Waals surface area contributed by atoms with Gasteiger partial charge in [0.25, 0.3) is 5.91 Å². The lowest BCUT2D eigenvalue weighted by Gasteiger charge is -2.12. The van der Waals surface area contributed by atoms with E-state index < -0.39 is 0 Å². The van der Waals surface area contributed by atoms with Crippen LogP contribution in [0.1, 0.15) is 27.0 Å². The third kappa shape index (κ3) is 4.30. The van der Waals surface area contributed by atoms with Crippen LogP contribution in [-0.4, -0.2) is 19.6 Å². The van der Waals surface area contributed by atoms with Gasteiger partial charge >= 0.3 is 0 Å². The van der Waals surface area contributed by atoms with Crippen molar-refractivity contribution in [1.29, 1.82) is 0 Å². The predicted octanol–water partition coefficient (Wildman–Crippen LogP) is 3.25. The van der Waals surface area contributed by atoms with Crippen LogP contribution in [0.2, 0.25) is 0 Å². The minimum absolute atomic E-state index is 0.111. The molecule has 124 valence electrons. The quantitative estimate of drug-likeness (QED) is 0.830. The second-order valence-corrected chi connectivity index (χ2v) is 5.46. The van der Waals surface area contributed by atoms with Gasteiger partial charge in [-0.2, -0.15) is 0 Å². The molecule has 0 aliphatic heterocycles. The van der Waals surface area contributed by atoms with Gasteiger partial charge in [-0.3, -0.25) is 4.79 Å². The SMILES string of the molecule is C#CCOc1cc(CNC(=O)c2ccc(C)c(C)c2)ccc1OC. The highest BCUT2D eigenvalue weighted by atomic mass is 16.5. The summed E-state index contributed by atoms with van der Waals surface area (Å²) in [4.78, 5) is 12.3. The summed E-state index contributed by atoms with van der Waals surface area (Å²) in [5.41, 5.74) is 3.81. The standard InChI is InChI=1S/C20H21NO3/c1-5-10-24-19-12-16(7-9-18(19)23-4)13-21-20(22)17-8-6-14(2)15(3)11-17/h1,6-9,11-12H,10,13H2,2-4H3,(H,21,22). The van der Waals surface area contributed by atoms with Crippen molar-refractivity contribution in [3.8, 4) is 23.8 Å². The van der Waals surface area contributed by atoms with Crippen LogP contribution in [0.25, 0.3) is 0 Å². The van der Waals surface area contributed by atoms with E-state index >= 15 is 0 Å². The Kier molecular flexibility index (Phi) is 5.86. The predicted molar refractivity (Wildman–Crippen MR) is 94.4 cm³/mol. The van der Waals surface area contributed by atoms with E-state index in [4.69, 9.17) is 15.9 Å². The molecule has 0 saturated heterocycles. The van der Waals surface area contributed by atoms with Crippen molar-refractivity contribution in [3.63, 3.8) is 0 Å². The Hall–Kier alpha value is -2.93. The molecule has 0 aliphatic carbocycles. The third-order valence-electron chi connectivity index (χ3n) is 3.76. The van der Waals surface area contributed by atoms with E-state index in [0.29, 0.717) is 23.6 Å². The number of nitrogens with one attached hydrogen (secondary N) is 1. The van der Waals surface area contributed by atoms with E-state index in [9.17, 15) is 4.79 Å². The first-order valence-corrected chi connectivity index (χ1v) is 7.63. The highest BCUT2D eigenvalue weighted by Crippen LogP contribution is 2.28. The Labute approximate surface area is 142 Å². The number of carbonyl (C=O) groups excluding carboxylic acids is 1. The fourth-order valence-corrected chi connectivity index (χ4v) is 2.23. The summed E-state index contributed by atoms with van der Waals surface area (Å²) in [7, 11) is 1.57. The molecule has 0 aromatic heterocycles. The molecular formula is C20H21NO3. The first-order chi connectivity index (χ1) is 11.5. The molecule has 1 amide bonds. The van der Waals surface area contributed by atoms with Crippen molar-refractivity contribution < 1.29 is 14.3 Å². The van der Waals surface area contributed by atoms with E-state index in [2.05, 4.69) is 11.2 Å². The summed E-state index contributed by atoms with van der Waals surface area (Å²) in [6.07, 6.45) is 5.22. The molecule has 2 aromatic carbocycles. The molecule has 2 rings (SSSR count). The van der Waals surface area contributed by atoms with Gasteiger partial charge in [-0.05, 0) is 54.8 Å². The molecule has 0 fully saturated rings. The maximum absolute atomic E-state index is 12.3. The topological polar surface area (TPSA) is 47.6 Å². The van der Waals surface area contributed by atoms with E-state index in [0.717, 1.165) is 16.7 Å². The molecule has 0 heterocycles. The van der Waals surface area contributed by atoms with Crippen LogP contribution in [0, 0.1) is 26.2 Å². The summed E-state index contributed by atoms with van der Waals surface area (Å²) >= 11 is 0. The van der Waals surface area contributed by atoms with E-state index in [1.165, 1.54) is 0 Å². The summed E-state index contributed by atoms with van der Waals surface area (Å²) in [5.74, 6) is 3.48. The van der Waals surface area contributed by atoms with Gasteiger partial charge in [0.2, 0.25) is 0 Å². The van der Waals surface area contributed by atoms with Crippen LogP contribution in [0.5, 0.6) is 11.5 Å². The average molecular weight is 323 g/mol. The number of terminal acetylenes is 1. The van der Waals surface area contributed by atoms with E-state index in [1.54, 1.807) is 13.2 Å². The maximum atomic E-state index is 12.3. The minimum Gasteiger partial charge on any atom is -0.493 e. The summed E-state index contributed by atoms with van der Waals surface area (Å²) in [6, 6.07) is 11.2. The first-order valence-electron chi connectivity index (χ1n) is 7.63. The van der Waals surface area contributed by atoms with Gasteiger partial charge in [-0.25, -0.2) is 0 Å². The zero-order valence-electron chi connectivity index (χ0n) is 14.2. The van der Waals surface area contributed by atoms with Crippen molar-refractivity contribution >= 4 is 5.91 Å². The molecule has 24 heavy (non-hydrogen) atoms. The van der Waals surface area contributed by atoms with Crippen LogP contribution in [0.4, 0.5) is 0 Å². The van der Waals surface area contributed by atoms with Crippen LogP contribution >= 0.6 is 0 Å². The number of carbonyl (C=O) groups is 1. The van der Waals surface area contributed by atoms with Crippen molar-refractivity contribution in [2.75, 3.05) is 13.7 Å². The lowest BCUT2D eigenvalue weighted by molar-refractivity contribution is 0.0951. The van der Waals surface area contributed by atoms with Crippen LogP contribution in [0.3, 0.4) is 0 Å². The number of rotatable bonds is 6. The van der Waals surface area contributed by atoms with Gasteiger partial charge in [0.15, 0.2) is 11.5 Å². The highest BCUT2D eigenvalue weighted by Gasteiger charge is 2.09. The molecule has 0 atom stereocenters. The molecule has 0 bridgehead atoms. The molecule has 0 spiro atoms. The van der Waals surface area contributed by atoms with Gasteiger partial charge in [0, 0.05) is 12.1 Å². The second kappa shape index (κ2) is 8.07. The first kappa shape index (κ1) is 17.4. The Bertz CT molecular complexity index is 775. The molecule has 0 unspecified atom stereocenters. The van der Waals surface area contributed by atoms with Gasteiger partial charge < -0.3 is 14.8 Å². The number of aryl methyl sites for hydroxylation is 2. The normalized spacial score (nSPS) is 9.92. The number of ether oxygens (including phenoxy) is 2. The van der Waals surface area contributed by atoms with Crippen LogP contribution in [0.15, 0.2) is 36.4 Å². The molecule has 4 nitrogen and oxygen atoms in total.